The minimum absolute atomic E-state index is 0.0441. The van der Waals surface area contributed by atoms with Crippen LogP contribution in [-0.4, -0.2) is 51.1 Å². The quantitative estimate of drug-likeness (QED) is 0.676. The van der Waals surface area contributed by atoms with Crippen molar-refractivity contribution in [2.45, 2.75) is 25.9 Å². The van der Waals surface area contributed by atoms with E-state index in [9.17, 15) is 9.59 Å². The van der Waals surface area contributed by atoms with Crippen molar-refractivity contribution >= 4 is 28.5 Å². The van der Waals surface area contributed by atoms with Gasteiger partial charge in [0.05, 0.1) is 12.1 Å². The highest BCUT2D eigenvalue weighted by Crippen LogP contribution is 2.27. The SMILES string of the molecule is Nc1nc(C(=O)N2Cc3ccccc3C2)c2cc(C(=O)CN3CCCC3)ccc2n1. The smallest absolute Gasteiger partial charge is 0.273 e. The van der Waals surface area contributed by atoms with Gasteiger partial charge in [0.25, 0.3) is 5.91 Å². The summed E-state index contributed by atoms with van der Waals surface area (Å²) in [5.41, 5.74) is 9.55. The predicted octanol–water partition coefficient (Wildman–Crippen LogP) is 2.65. The molecular weight excluding hydrogens is 378 g/mol. The van der Waals surface area contributed by atoms with E-state index in [4.69, 9.17) is 5.73 Å². The molecule has 7 heteroatoms. The van der Waals surface area contributed by atoms with Gasteiger partial charge in [0.2, 0.25) is 5.95 Å². The van der Waals surface area contributed by atoms with Crippen molar-refractivity contribution in [1.82, 2.24) is 19.8 Å². The lowest BCUT2D eigenvalue weighted by Gasteiger charge is -2.17. The van der Waals surface area contributed by atoms with Crippen LogP contribution in [0.4, 0.5) is 5.95 Å². The minimum atomic E-state index is -0.200. The van der Waals surface area contributed by atoms with Crippen molar-refractivity contribution in [3.8, 4) is 0 Å². The standard InChI is InChI=1S/C23H23N5O2/c24-23-25-19-8-7-15(20(29)14-27-9-3-4-10-27)11-18(19)21(26-23)22(30)28-12-16-5-1-2-6-17(16)13-28/h1-2,5-8,11H,3-4,9-10,12-14H2,(H2,24,25,26). The maximum absolute atomic E-state index is 13.3. The summed E-state index contributed by atoms with van der Waals surface area (Å²) < 4.78 is 0. The maximum Gasteiger partial charge on any atom is 0.273 e. The van der Waals surface area contributed by atoms with Crippen molar-refractivity contribution in [3.63, 3.8) is 0 Å². The number of hydrogen-bond donors (Lipinski definition) is 1. The normalized spacial score (nSPS) is 16.2. The second kappa shape index (κ2) is 7.50. The van der Waals surface area contributed by atoms with Gasteiger partial charge in [0.1, 0.15) is 5.69 Å². The third-order valence-electron chi connectivity index (χ3n) is 5.93. The molecule has 0 atom stereocenters. The Hall–Kier alpha value is -3.32. The molecule has 2 aromatic carbocycles. The van der Waals surface area contributed by atoms with Crippen LogP contribution in [0.2, 0.25) is 0 Å². The number of carbonyl (C=O) groups excluding carboxylic acids is 2. The predicted molar refractivity (Wildman–Crippen MR) is 114 cm³/mol. The number of Topliss-reactive ketones (excluding diaryl/α,β-unsaturated/α-hetero) is 1. The summed E-state index contributed by atoms with van der Waals surface area (Å²) >= 11 is 0. The number of likely N-dealkylation sites (tertiary alicyclic amines) is 1. The van der Waals surface area contributed by atoms with Crippen LogP contribution >= 0.6 is 0 Å². The fourth-order valence-electron chi connectivity index (χ4n) is 4.34. The molecule has 0 bridgehead atoms. The van der Waals surface area contributed by atoms with E-state index in [1.165, 1.54) is 0 Å². The molecule has 1 fully saturated rings. The van der Waals surface area contributed by atoms with Gasteiger partial charge < -0.3 is 10.6 Å². The number of nitrogens with two attached hydrogens (primary N) is 1. The number of benzene rings is 2. The second-order valence-corrected chi connectivity index (χ2v) is 8.00. The Morgan fingerprint density at radius 3 is 2.37 bits per heavy atom. The van der Waals surface area contributed by atoms with Gasteiger partial charge in [-0.1, -0.05) is 24.3 Å². The van der Waals surface area contributed by atoms with Crippen LogP contribution in [0.5, 0.6) is 0 Å². The van der Waals surface area contributed by atoms with Crippen LogP contribution in [0, 0.1) is 0 Å². The van der Waals surface area contributed by atoms with Crippen LogP contribution in [-0.2, 0) is 13.1 Å². The number of carbonyl (C=O) groups is 2. The Labute approximate surface area is 174 Å². The first-order valence-electron chi connectivity index (χ1n) is 10.3. The van der Waals surface area contributed by atoms with Gasteiger partial charge in [-0.05, 0) is 55.3 Å². The van der Waals surface area contributed by atoms with Crippen molar-refractivity contribution in [2.24, 2.45) is 0 Å². The first kappa shape index (κ1) is 18.7. The lowest BCUT2D eigenvalue weighted by Crippen LogP contribution is -2.27. The topological polar surface area (TPSA) is 92.4 Å². The molecule has 0 aliphatic carbocycles. The van der Waals surface area contributed by atoms with E-state index in [-0.39, 0.29) is 23.3 Å². The van der Waals surface area contributed by atoms with Crippen molar-refractivity contribution in [2.75, 3.05) is 25.4 Å². The average molecular weight is 401 g/mol. The molecule has 1 saturated heterocycles. The summed E-state index contributed by atoms with van der Waals surface area (Å²) in [5.74, 6) is -0.101. The molecule has 7 nitrogen and oxygen atoms in total. The molecule has 5 rings (SSSR count). The molecule has 3 aromatic rings. The highest BCUT2D eigenvalue weighted by atomic mass is 16.2. The van der Waals surface area contributed by atoms with Crippen LogP contribution in [0.25, 0.3) is 10.9 Å². The number of fused-ring (bicyclic) bond motifs is 2. The fourth-order valence-corrected chi connectivity index (χ4v) is 4.34. The van der Waals surface area contributed by atoms with Crippen LogP contribution in [0.15, 0.2) is 42.5 Å². The van der Waals surface area contributed by atoms with Crippen molar-refractivity contribution in [3.05, 3.63) is 64.8 Å². The zero-order chi connectivity index (χ0) is 20.7. The number of nitrogen functional groups attached to an aromatic ring is 1. The van der Waals surface area contributed by atoms with Gasteiger partial charge in [-0.25, -0.2) is 9.97 Å². The number of anilines is 1. The summed E-state index contributed by atoms with van der Waals surface area (Å²) in [6, 6.07) is 13.3. The van der Waals surface area contributed by atoms with E-state index < -0.39 is 0 Å². The minimum Gasteiger partial charge on any atom is -0.368 e. The van der Waals surface area contributed by atoms with E-state index in [1.807, 2.05) is 24.3 Å². The third-order valence-corrected chi connectivity index (χ3v) is 5.93. The molecule has 152 valence electrons. The van der Waals surface area contributed by atoms with E-state index in [0.29, 0.717) is 36.1 Å². The van der Waals surface area contributed by atoms with Crippen molar-refractivity contribution in [1.29, 1.82) is 0 Å². The molecule has 0 spiro atoms. The zero-order valence-corrected chi connectivity index (χ0v) is 16.7. The lowest BCUT2D eigenvalue weighted by atomic mass is 10.1. The molecule has 30 heavy (non-hydrogen) atoms. The zero-order valence-electron chi connectivity index (χ0n) is 16.7. The van der Waals surface area contributed by atoms with Gasteiger partial charge >= 0.3 is 0 Å². The monoisotopic (exact) mass is 401 g/mol. The Morgan fingerprint density at radius 1 is 0.967 bits per heavy atom. The molecule has 1 aromatic heterocycles. The maximum atomic E-state index is 13.3. The van der Waals surface area contributed by atoms with Gasteiger partial charge in [0, 0.05) is 24.0 Å². The lowest BCUT2D eigenvalue weighted by molar-refractivity contribution is 0.0747. The molecule has 0 saturated carbocycles. The van der Waals surface area contributed by atoms with E-state index in [0.717, 1.165) is 37.1 Å². The van der Waals surface area contributed by atoms with Crippen LogP contribution in [0.3, 0.4) is 0 Å². The average Bonchev–Trinajstić information content (AvgIpc) is 3.41. The van der Waals surface area contributed by atoms with Crippen molar-refractivity contribution < 1.29 is 9.59 Å². The number of nitrogens with zero attached hydrogens (tertiary/aromatic N) is 4. The number of aromatic nitrogens is 2. The number of hydrogen-bond acceptors (Lipinski definition) is 6. The summed E-state index contributed by atoms with van der Waals surface area (Å²) in [7, 11) is 0. The Bertz CT molecular complexity index is 1130. The summed E-state index contributed by atoms with van der Waals surface area (Å²) in [5, 5.41) is 0.567. The third kappa shape index (κ3) is 3.41. The number of amides is 1. The van der Waals surface area contributed by atoms with E-state index in [1.54, 1.807) is 23.1 Å². The van der Waals surface area contributed by atoms with Crippen LogP contribution in [0.1, 0.15) is 44.8 Å². The Balaban J connectivity index is 1.48. The molecule has 0 unspecified atom stereocenters. The number of ketones is 1. The van der Waals surface area contributed by atoms with E-state index >= 15 is 0 Å². The first-order chi connectivity index (χ1) is 14.6. The highest BCUT2D eigenvalue weighted by molar-refractivity contribution is 6.08. The summed E-state index contributed by atoms with van der Waals surface area (Å²) in [6.07, 6.45) is 2.27. The molecule has 2 N–H and O–H groups in total. The molecule has 2 aliphatic heterocycles. The van der Waals surface area contributed by atoms with E-state index in [2.05, 4.69) is 14.9 Å². The van der Waals surface area contributed by atoms with Gasteiger partial charge in [0.15, 0.2) is 5.78 Å². The Kier molecular flexibility index (Phi) is 4.67. The van der Waals surface area contributed by atoms with Crippen LogP contribution < -0.4 is 5.73 Å². The second-order valence-electron chi connectivity index (χ2n) is 8.00. The summed E-state index contributed by atoms with van der Waals surface area (Å²) in [6.45, 7) is 3.38. The molecule has 3 heterocycles. The molecule has 0 radical (unpaired) electrons. The molecule has 1 amide bonds. The molecule has 2 aliphatic rings. The number of rotatable bonds is 4. The largest absolute Gasteiger partial charge is 0.368 e. The van der Waals surface area contributed by atoms with Gasteiger partial charge in [-0.3, -0.25) is 14.5 Å². The summed E-state index contributed by atoms with van der Waals surface area (Å²) in [4.78, 5) is 38.6. The molecular formula is C23H23N5O2. The fraction of sp³-hybridized carbons (Fsp3) is 0.304. The Morgan fingerprint density at radius 2 is 1.67 bits per heavy atom. The van der Waals surface area contributed by atoms with Gasteiger partial charge in [-0.15, -0.1) is 0 Å². The first-order valence-corrected chi connectivity index (χ1v) is 10.3. The van der Waals surface area contributed by atoms with Gasteiger partial charge in [-0.2, -0.15) is 0 Å². The highest BCUT2D eigenvalue weighted by Gasteiger charge is 2.27.